The number of nitrogens with zero attached hydrogens (tertiary/aromatic N) is 1. The Kier molecular flexibility index (Phi) is 5.28. The third-order valence-corrected chi connectivity index (χ3v) is 2.73. The molecule has 1 aromatic rings. The van der Waals surface area contributed by atoms with Gasteiger partial charge in [0.05, 0.1) is 17.9 Å². The van der Waals surface area contributed by atoms with Gasteiger partial charge in [0.2, 0.25) is 5.91 Å². The van der Waals surface area contributed by atoms with E-state index in [1.165, 1.54) is 0 Å². The lowest BCUT2D eigenvalue weighted by atomic mass is 10.2. The zero-order valence-corrected chi connectivity index (χ0v) is 11.8. The molecule has 0 bridgehead atoms. The molecule has 0 saturated carbocycles. The van der Waals surface area contributed by atoms with Crippen LogP contribution in [0.3, 0.4) is 0 Å². The van der Waals surface area contributed by atoms with Gasteiger partial charge < -0.3 is 16.0 Å². The Bertz CT molecular complexity index is 421. The molecule has 1 aromatic carbocycles. The molecule has 0 radical (unpaired) electrons. The predicted octanol–water partition coefficient (Wildman–Crippen LogP) is 2.27. The Morgan fingerprint density at radius 1 is 1.50 bits per heavy atom. The number of benzene rings is 1. The van der Waals surface area contributed by atoms with Gasteiger partial charge in [0, 0.05) is 17.6 Å². The number of nitrogen functional groups attached to an aromatic ring is 1. The van der Waals surface area contributed by atoms with Crippen molar-refractivity contribution in [3.05, 3.63) is 23.2 Å². The van der Waals surface area contributed by atoms with Crippen LogP contribution in [-0.4, -0.2) is 25.0 Å². The molecule has 0 spiro atoms. The molecule has 4 nitrogen and oxygen atoms in total. The highest BCUT2D eigenvalue weighted by Gasteiger charge is 2.13. The average Bonchev–Trinajstić information content (AvgIpc) is 2.28. The van der Waals surface area contributed by atoms with E-state index in [0.717, 1.165) is 5.69 Å². The number of hydrogen-bond donors (Lipinski definition) is 2. The van der Waals surface area contributed by atoms with E-state index in [0.29, 0.717) is 17.3 Å². The number of halogens is 1. The summed E-state index contributed by atoms with van der Waals surface area (Å²) in [6, 6.07) is 5.40. The fourth-order valence-electron chi connectivity index (χ4n) is 1.70. The van der Waals surface area contributed by atoms with Crippen LogP contribution in [0.4, 0.5) is 11.4 Å². The van der Waals surface area contributed by atoms with Crippen LogP contribution in [-0.2, 0) is 4.79 Å². The van der Waals surface area contributed by atoms with Gasteiger partial charge in [-0.05, 0) is 39.0 Å². The number of nitrogens with two attached hydrogens (primary N) is 1. The minimum atomic E-state index is -0.0220. The summed E-state index contributed by atoms with van der Waals surface area (Å²) >= 11 is 5.96. The molecule has 5 heteroatoms. The van der Waals surface area contributed by atoms with E-state index >= 15 is 0 Å². The van der Waals surface area contributed by atoms with E-state index in [9.17, 15) is 4.79 Å². The molecule has 0 unspecified atom stereocenters. The molecule has 1 rings (SSSR count). The van der Waals surface area contributed by atoms with Crippen molar-refractivity contribution in [3.63, 3.8) is 0 Å². The largest absolute Gasteiger partial charge is 0.397 e. The average molecular weight is 270 g/mol. The Labute approximate surface area is 113 Å². The first kappa shape index (κ1) is 14.6. The van der Waals surface area contributed by atoms with Gasteiger partial charge in [-0.2, -0.15) is 0 Å². The monoisotopic (exact) mass is 269 g/mol. The molecule has 0 aliphatic heterocycles. The minimum absolute atomic E-state index is 0.0220. The van der Waals surface area contributed by atoms with Crippen LogP contribution < -0.4 is 16.0 Å². The number of nitrogens with one attached hydrogen (secondary N) is 1. The lowest BCUT2D eigenvalue weighted by Crippen LogP contribution is -2.40. The van der Waals surface area contributed by atoms with E-state index in [1.54, 1.807) is 18.2 Å². The molecule has 3 N–H and O–H groups in total. The van der Waals surface area contributed by atoms with Crippen LogP contribution in [0.25, 0.3) is 0 Å². The van der Waals surface area contributed by atoms with Gasteiger partial charge in [-0.3, -0.25) is 4.79 Å². The fourth-order valence-corrected chi connectivity index (χ4v) is 1.87. The number of anilines is 2. The Morgan fingerprint density at radius 3 is 2.72 bits per heavy atom. The molecular formula is C13H20ClN3O. The maximum absolute atomic E-state index is 11.8. The predicted molar refractivity (Wildman–Crippen MR) is 77.0 cm³/mol. The Morgan fingerprint density at radius 2 is 2.17 bits per heavy atom. The highest BCUT2D eigenvalue weighted by Crippen LogP contribution is 2.26. The van der Waals surface area contributed by atoms with Crippen LogP contribution in [0, 0.1) is 0 Å². The first-order chi connectivity index (χ1) is 8.43. The van der Waals surface area contributed by atoms with Gasteiger partial charge in [-0.25, -0.2) is 0 Å². The van der Waals surface area contributed by atoms with Crippen molar-refractivity contribution in [3.8, 4) is 0 Å². The second-order valence-electron chi connectivity index (χ2n) is 4.44. The van der Waals surface area contributed by atoms with Gasteiger partial charge in [-0.1, -0.05) is 11.6 Å². The molecular weight excluding hydrogens is 250 g/mol. The molecule has 0 aromatic heterocycles. The van der Waals surface area contributed by atoms with E-state index in [1.807, 2.05) is 25.7 Å². The summed E-state index contributed by atoms with van der Waals surface area (Å²) in [5, 5.41) is 3.47. The maximum Gasteiger partial charge on any atom is 0.239 e. The smallest absolute Gasteiger partial charge is 0.239 e. The summed E-state index contributed by atoms with van der Waals surface area (Å²) in [5.41, 5.74) is 7.33. The number of amides is 1. The number of carbonyl (C=O) groups is 1. The zero-order valence-electron chi connectivity index (χ0n) is 11.0. The highest BCUT2D eigenvalue weighted by molar-refractivity contribution is 6.31. The quantitative estimate of drug-likeness (QED) is 0.807. The number of rotatable bonds is 5. The van der Waals surface area contributed by atoms with Gasteiger partial charge in [0.25, 0.3) is 0 Å². The second kappa shape index (κ2) is 6.50. The molecule has 0 fully saturated rings. The van der Waals surface area contributed by atoms with Gasteiger partial charge >= 0.3 is 0 Å². The maximum atomic E-state index is 11.8. The van der Waals surface area contributed by atoms with Crippen molar-refractivity contribution in [1.29, 1.82) is 0 Å². The van der Waals surface area contributed by atoms with E-state index in [4.69, 9.17) is 17.3 Å². The summed E-state index contributed by atoms with van der Waals surface area (Å²) in [5.74, 6) is -0.0220. The molecule has 0 aliphatic rings. The van der Waals surface area contributed by atoms with Gasteiger partial charge in [0.1, 0.15) is 0 Å². The Hall–Kier alpha value is -1.42. The summed E-state index contributed by atoms with van der Waals surface area (Å²) in [7, 11) is 0. The van der Waals surface area contributed by atoms with Crippen molar-refractivity contribution in [1.82, 2.24) is 5.32 Å². The lowest BCUT2D eigenvalue weighted by Gasteiger charge is -2.24. The number of hydrogen-bond acceptors (Lipinski definition) is 3. The van der Waals surface area contributed by atoms with Gasteiger partial charge in [0.15, 0.2) is 0 Å². The fraction of sp³-hybridized carbons (Fsp3) is 0.462. The minimum Gasteiger partial charge on any atom is -0.397 e. The summed E-state index contributed by atoms with van der Waals surface area (Å²) < 4.78 is 0. The first-order valence-electron chi connectivity index (χ1n) is 6.03. The molecule has 0 saturated heterocycles. The topological polar surface area (TPSA) is 58.4 Å². The molecule has 100 valence electrons. The normalized spacial score (nSPS) is 10.5. The number of likely N-dealkylation sites (N-methyl/N-ethyl adjacent to an activating group) is 1. The SMILES string of the molecule is CCN(CC(=O)NC(C)C)c1cc(Cl)ccc1N. The van der Waals surface area contributed by atoms with Crippen molar-refractivity contribution in [2.24, 2.45) is 0 Å². The molecule has 1 amide bonds. The molecule has 0 atom stereocenters. The van der Waals surface area contributed by atoms with Crippen LogP contribution in [0.15, 0.2) is 18.2 Å². The zero-order chi connectivity index (χ0) is 13.7. The van der Waals surface area contributed by atoms with Crippen molar-refractivity contribution in [2.75, 3.05) is 23.7 Å². The highest BCUT2D eigenvalue weighted by atomic mass is 35.5. The van der Waals surface area contributed by atoms with Crippen LogP contribution in [0.2, 0.25) is 5.02 Å². The van der Waals surface area contributed by atoms with E-state index in [-0.39, 0.29) is 18.5 Å². The lowest BCUT2D eigenvalue weighted by molar-refractivity contribution is -0.120. The van der Waals surface area contributed by atoms with Crippen molar-refractivity contribution >= 4 is 28.9 Å². The first-order valence-corrected chi connectivity index (χ1v) is 6.41. The van der Waals surface area contributed by atoms with Crippen molar-refractivity contribution in [2.45, 2.75) is 26.8 Å². The van der Waals surface area contributed by atoms with Crippen LogP contribution in [0.1, 0.15) is 20.8 Å². The molecule has 0 aliphatic carbocycles. The Balaban J connectivity index is 2.83. The van der Waals surface area contributed by atoms with Crippen molar-refractivity contribution < 1.29 is 4.79 Å². The molecule has 0 heterocycles. The standard InChI is InChI=1S/C13H20ClN3O/c1-4-17(8-13(18)16-9(2)3)12-7-10(14)5-6-11(12)15/h5-7,9H,4,8,15H2,1-3H3,(H,16,18). The third-order valence-electron chi connectivity index (χ3n) is 2.50. The summed E-state index contributed by atoms with van der Waals surface area (Å²) in [6.45, 7) is 6.81. The second-order valence-corrected chi connectivity index (χ2v) is 4.88. The van der Waals surface area contributed by atoms with Gasteiger partial charge in [-0.15, -0.1) is 0 Å². The number of carbonyl (C=O) groups excluding carboxylic acids is 1. The summed E-state index contributed by atoms with van der Waals surface area (Å²) in [4.78, 5) is 13.7. The van der Waals surface area contributed by atoms with Crippen LogP contribution in [0.5, 0.6) is 0 Å². The van der Waals surface area contributed by atoms with E-state index in [2.05, 4.69) is 5.32 Å². The third kappa shape index (κ3) is 4.11. The molecule has 18 heavy (non-hydrogen) atoms. The van der Waals surface area contributed by atoms with Crippen LogP contribution >= 0.6 is 11.6 Å². The summed E-state index contributed by atoms with van der Waals surface area (Å²) in [6.07, 6.45) is 0. The van der Waals surface area contributed by atoms with E-state index < -0.39 is 0 Å².